The fourth-order valence-corrected chi connectivity index (χ4v) is 2.05. The number of pyridine rings is 1. The molecule has 0 saturated heterocycles. The third-order valence-corrected chi connectivity index (χ3v) is 3.19. The predicted molar refractivity (Wildman–Crippen MR) is 68.3 cm³/mol. The van der Waals surface area contributed by atoms with Crippen LogP contribution in [-0.4, -0.2) is 38.5 Å². The quantitative estimate of drug-likeness (QED) is 0.748. The van der Waals surface area contributed by atoms with Crippen molar-refractivity contribution in [2.75, 3.05) is 5.75 Å². The molecular weight excluding hydrogens is 254 g/mol. The van der Waals surface area contributed by atoms with Gasteiger partial charge >= 0.3 is 0 Å². The summed E-state index contributed by atoms with van der Waals surface area (Å²) in [6, 6.07) is 1.48. The van der Waals surface area contributed by atoms with Gasteiger partial charge in [-0.25, -0.2) is 0 Å². The third kappa shape index (κ3) is 4.56. The zero-order chi connectivity index (χ0) is 13.5. The van der Waals surface area contributed by atoms with E-state index >= 15 is 0 Å². The van der Waals surface area contributed by atoms with Gasteiger partial charge in [0.05, 0.1) is 6.10 Å². The highest BCUT2D eigenvalue weighted by Crippen LogP contribution is 2.20. The van der Waals surface area contributed by atoms with Crippen LogP contribution in [0.1, 0.15) is 35.4 Å². The molecule has 1 aromatic rings. The van der Waals surface area contributed by atoms with Gasteiger partial charge in [-0.15, -0.1) is 0 Å². The molecule has 0 amide bonds. The number of hydrogen-bond donors (Lipinski definition) is 2. The van der Waals surface area contributed by atoms with Crippen molar-refractivity contribution in [3.05, 3.63) is 29.6 Å². The second-order valence-corrected chi connectivity index (χ2v) is 5.08. The van der Waals surface area contributed by atoms with Crippen molar-refractivity contribution in [2.24, 2.45) is 0 Å². The predicted octanol–water partition coefficient (Wildman–Crippen LogP) is 0.958. The van der Waals surface area contributed by atoms with E-state index in [9.17, 15) is 19.8 Å². The molecule has 0 aliphatic carbocycles. The van der Waals surface area contributed by atoms with E-state index < -0.39 is 12.2 Å². The minimum absolute atomic E-state index is 0.0266. The van der Waals surface area contributed by atoms with Crippen LogP contribution in [0.2, 0.25) is 0 Å². The summed E-state index contributed by atoms with van der Waals surface area (Å²) in [6.45, 7) is 1.45. The molecule has 0 bridgehead atoms. The van der Waals surface area contributed by atoms with Crippen LogP contribution in [0, 0.1) is 0 Å². The van der Waals surface area contributed by atoms with Crippen molar-refractivity contribution in [1.82, 2.24) is 4.98 Å². The van der Waals surface area contributed by atoms with Crippen molar-refractivity contribution in [2.45, 2.75) is 25.6 Å². The van der Waals surface area contributed by atoms with Crippen LogP contribution < -0.4 is 0 Å². The summed E-state index contributed by atoms with van der Waals surface area (Å²) >= 11 is 1.10. The van der Waals surface area contributed by atoms with Crippen molar-refractivity contribution < 1.29 is 19.8 Å². The molecule has 1 rings (SSSR count). The van der Waals surface area contributed by atoms with Gasteiger partial charge in [0.1, 0.15) is 6.10 Å². The van der Waals surface area contributed by atoms with Gasteiger partial charge in [0.15, 0.2) is 11.4 Å². The van der Waals surface area contributed by atoms with Gasteiger partial charge < -0.3 is 10.2 Å². The Morgan fingerprint density at radius 1 is 1.50 bits per heavy atom. The number of hydrogen-bond acceptors (Lipinski definition) is 6. The van der Waals surface area contributed by atoms with E-state index in [-0.39, 0.29) is 11.5 Å². The maximum atomic E-state index is 10.7. The Hall–Kier alpha value is -1.24. The summed E-state index contributed by atoms with van der Waals surface area (Å²) in [5.41, 5.74) is 0.733. The number of aliphatic hydroxyl groups is 2. The SMILES string of the molecule is CC(=O)SCCC(O)C(O)c1cncc(C=O)c1. The number of rotatable bonds is 6. The molecule has 0 saturated carbocycles. The van der Waals surface area contributed by atoms with Gasteiger partial charge in [0.2, 0.25) is 0 Å². The van der Waals surface area contributed by atoms with Crippen LogP contribution in [0.15, 0.2) is 18.5 Å². The highest BCUT2D eigenvalue weighted by atomic mass is 32.2. The van der Waals surface area contributed by atoms with Gasteiger partial charge in [-0.2, -0.15) is 0 Å². The Morgan fingerprint density at radius 2 is 2.22 bits per heavy atom. The number of thioether (sulfide) groups is 1. The summed E-state index contributed by atoms with van der Waals surface area (Å²) in [6.07, 6.45) is 1.60. The molecule has 2 atom stereocenters. The molecule has 2 N–H and O–H groups in total. The van der Waals surface area contributed by atoms with Gasteiger partial charge in [-0.05, 0) is 12.5 Å². The molecule has 0 fully saturated rings. The first kappa shape index (κ1) is 14.8. The van der Waals surface area contributed by atoms with E-state index in [2.05, 4.69) is 4.98 Å². The van der Waals surface area contributed by atoms with Crippen molar-refractivity contribution in [3.63, 3.8) is 0 Å². The van der Waals surface area contributed by atoms with Crippen molar-refractivity contribution >= 4 is 23.2 Å². The van der Waals surface area contributed by atoms with E-state index in [1.54, 1.807) is 0 Å². The monoisotopic (exact) mass is 269 g/mol. The first-order valence-electron chi connectivity index (χ1n) is 5.44. The lowest BCUT2D eigenvalue weighted by molar-refractivity contribution is -0.109. The van der Waals surface area contributed by atoms with Gasteiger partial charge in [0, 0.05) is 36.2 Å². The minimum atomic E-state index is -1.11. The Labute approximate surface area is 109 Å². The zero-order valence-electron chi connectivity index (χ0n) is 9.94. The number of aromatic nitrogens is 1. The maximum Gasteiger partial charge on any atom is 0.185 e. The van der Waals surface area contributed by atoms with E-state index in [1.807, 2.05) is 0 Å². The Kier molecular flexibility index (Phi) is 5.97. The van der Waals surface area contributed by atoms with Gasteiger partial charge in [-0.1, -0.05) is 11.8 Å². The smallest absolute Gasteiger partial charge is 0.185 e. The van der Waals surface area contributed by atoms with E-state index in [4.69, 9.17) is 0 Å². The largest absolute Gasteiger partial charge is 0.390 e. The van der Waals surface area contributed by atoms with Crippen LogP contribution in [-0.2, 0) is 4.79 Å². The van der Waals surface area contributed by atoms with E-state index in [0.29, 0.717) is 23.2 Å². The minimum Gasteiger partial charge on any atom is -0.390 e. The van der Waals surface area contributed by atoms with E-state index in [0.717, 1.165) is 11.8 Å². The summed E-state index contributed by atoms with van der Waals surface area (Å²) in [5.74, 6) is 0.439. The van der Waals surface area contributed by atoms with Crippen LogP contribution in [0.3, 0.4) is 0 Å². The molecule has 18 heavy (non-hydrogen) atoms. The zero-order valence-corrected chi connectivity index (χ0v) is 10.8. The van der Waals surface area contributed by atoms with E-state index in [1.165, 1.54) is 25.4 Å². The highest BCUT2D eigenvalue weighted by molar-refractivity contribution is 8.13. The summed E-state index contributed by atoms with van der Waals surface area (Å²) < 4.78 is 0. The first-order chi connectivity index (χ1) is 8.54. The number of carbonyl (C=O) groups excluding carboxylic acids is 2. The third-order valence-electron chi connectivity index (χ3n) is 2.34. The molecule has 0 aliphatic heterocycles. The van der Waals surface area contributed by atoms with Gasteiger partial charge in [0.25, 0.3) is 0 Å². The molecule has 98 valence electrons. The molecule has 2 unspecified atom stereocenters. The van der Waals surface area contributed by atoms with Crippen molar-refractivity contribution in [3.8, 4) is 0 Å². The van der Waals surface area contributed by atoms with Crippen molar-refractivity contribution in [1.29, 1.82) is 0 Å². The standard InChI is InChI=1S/C12H15NO4S/c1-8(15)18-3-2-11(16)12(17)10-4-9(7-14)5-13-6-10/h4-7,11-12,16-17H,2-3H2,1H3. The molecule has 0 aromatic carbocycles. The second kappa shape index (κ2) is 7.25. The highest BCUT2D eigenvalue weighted by Gasteiger charge is 2.19. The molecule has 1 heterocycles. The summed E-state index contributed by atoms with van der Waals surface area (Å²) in [4.78, 5) is 25.1. The molecule has 5 nitrogen and oxygen atoms in total. The lowest BCUT2D eigenvalue weighted by Crippen LogP contribution is -2.19. The molecule has 6 heteroatoms. The normalized spacial score (nSPS) is 13.9. The number of aldehydes is 1. The Morgan fingerprint density at radius 3 is 2.83 bits per heavy atom. The molecular formula is C12H15NO4S. The van der Waals surface area contributed by atoms with Crippen LogP contribution in [0.4, 0.5) is 0 Å². The second-order valence-electron chi connectivity index (χ2n) is 3.81. The topological polar surface area (TPSA) is 87.5 Å². The fourth-order valence-electron chi connectivity index (χ4n) is 1.41. The average Bonchev–Trinajstić information content (AvgIpc) is 2.37. The first-order valence-corrected chi connectivity index (χ1v) is 6.42. The Balaban J connectivity index is 2.58. The summed E-state index contributed by atoms with van der Waals surface area (Å²) in [7, 11) is 0. The molecule has 0 radical (unpaired) electrons. The number of carbonyl (C=O) groups is 2. The maximum absolute atomic E-state index is 10.7. The van der Waals surface area contributed by atoms with Crippen LogP contribution >= 0.6 is 11.8 Å². The lowest BCUT2D eigenvalue weighted by atomic mass is 10.0. The lowest BCUT2D eigenvalue weighted by Gasteiger charge is -2.17. The number of nitrogens with zero attached hydrogens (tertiary/aromatic N) is 1. The average molecular weight is 269 g/mol. The molecule has 0 aliphatic rings. The molecule has 0 spiro atoms. The number of aliphatic hydroxyl groups excluding tert-OH is 2. The molecule has 1 aromatic heterocycles. The summed E-state index contributed by atoms with van der Waals surface area (Å²) in [5, 5.41) is 19.6. The van der Waals surface area contributed by atoms with Gasteiger partial charge in [-0.3, -0.25) is 14.6 Å². The van der Waals surface area contributed by atoms with Crippen LogP contribution in [0.25, 0.3) is 0 Å². The Bertz CT molecular complexity index is 424. The van der Waals surface area contributed by atoms with Crippen LogP contribution in [0.5, 0.6) is 0 Å². The fraction of sp³-hybridized carbons (Fsp3) is 0.417.